The van der Waals surface area contributed by atoms with E-state index in [9.17, 15) is 9.59 Å². The first-order chi connectivity index (χ1) is 15.5. The Bertz CT molecular complexity index is 1330. The molecule has 1 atom stereocenters. The van der Waals surface area contributed by atoms with Crippen LogP contribution in [0.15, 0.2) is 78.9 Å². The van der Waals surface area contributed by atoms with Crippen LogP contribution in [0.2, 0.25) is 0 Å². The first-order valence-electron chi connectivity index (χ1n) is 10.1. The van der Waals surface area contributed by atoms with E-state index in [-0.39, 0.29) is 24.2 Å². The van der Waals surface area contributed by atoms with E-state index >= 15 is 0 Å². The van der Waals surface area contributed by atoms with Crippen molar-refractivity contribution in [3.8, 4) is 5.75 Å². The van der Waals surface area contributed by atoms with Crippen molar-refractivity contribution >= 4 is 39.1 Å². The van der Waals surface area contributed by atoms with Gasteiger partial charge in [0.15, 0.2) is 0 Å². The Kier molecular flexibility index (Phi) is 4.95. The number of nitrogens with one attached hydrogen (secondary N) is 1. The molecule has 1 aliphatic rings. The van der Waals surface area contributed by atoms with Crippen LogP contribution in [0.25, 0.3) is 10.1 Å². The molecule has 0 fully saturated rings. The second-order valence-corrected chi connectivity index (χ2v) is 8.56. The Labute approximate surface area is 188 Å². The molecule has 0 bridgehead atoms. The summed E-state index contributed by atoms with van der Waals surface area (Å²) in [5.41, 5.74) is 7.35. The van der Waals surface area contributed by atoms with E-state index in [0.717, 1.165) is 15.6 Å². The molecule has 6 nitrogen and oxygen atoms in total. The Balaban J connectivity index is 1.51. The zero-order valence-electron chi connectivity index (χ0n) is 16.9. The standard InChI is InChI=1S/C25H19N3O3S/c26-23(27)22-13-18-19(11-6-12-21(18)32-22)31-20(15-7-2-1-3-8-15)14-28-24(29)16-9-4-5-10-17(16)25(28)30/h1-13,20H,14H2,(H3,26,27). The van der Waals surface area contributed by atoms with Crippen LogP contribution in [-0.4, -0.2) is 29.1 Å². The number of fused-ring (bicyclic) bond motifs is 2. The van der Waals surface area contributed by atoms with Crippen LogP contribution < -0.4 is 10.5 Å². The highest BCUT2D eigenvalue weighted by molar-refractivity contribution is 7.20. The monoisotopic (exact) mass is 441 g/mol. The van der Waals surface area contributed by atoms with Gasteiger partial charge in [0.1, 0.15) is 17.7 Å². The van der Waals surface area contributed by atoms with Crippen molar-refractivity contribution < 1.29 is 14.3 Å². The number of nitrogen functional groups attached to an aromatic ring is 1. The largest absolute Gasteiger partial charge is 0.483 e. The third-order valence-electron chi connectivity index (χ3n) is 5.45. The normalized spacial score (nSPS) is 13.9. The zero-order valence-corrected chi connectivity index (χ0v) is 17.8. The van der Waals surface area contributed by atoms with Gasteiger partial charge in [-0.1, -0.05) is 48.5 Å². The van der Waals surface area contributed by atoms with Gasteiger partial charge in [-0.05, 0) is 35.9 Å². The van der Waals surface area contributed by atoms with Crippen molar-refractivity contribution in [3.63, 3.8) is 0 Å². The number of nitrogens with zero attached hydrogens (tertiary/aromatic N) is 1. The van der Waals surface area contributed by atoms with Gasteiger partial charge in [0.2, 0.25) is 0 Å². The average Bonchev–Trinajstić information content (AvgIpc) is 3.36. The molecule has 4 aromatic rings. The van der Waals surface area contributed by atoms with Crippen LogP contribution in [0, 0.1) is 5.41 Å². The quantitative estimate of drug-likeness (QED) is 0.260. The molecule has 0 saturated carbocycles. The first-order valence-corrected chi connectivity index (χ1v) is 10.9. The summed E-state index contributed by atoms with van der Waals surface area (Å²) >= 11 is 1.42. The maximum atomic E-state index is 12.9. The van der Waals surface area contributed by atoms with Gasteiger partial charge in [0, 0.05) is 10.1 Å². The van der Waals surface area contributed by atoms with Crippen LogP contribution in [0.1, 0.15) is 37.3 Å². The minimum Gasteiger partial charge on any atom is -0.483 e. The lowest BCUT2D eigenvalue weighted by Gasteiger charge is -2.24. The van der Waals surface area contributed by atoms with E-state index in [4.69, 9.17) is 15.9 Å². The second kappa shape index (κ2) is 7.94. The Hall–Kier alpha value is -3.97. The lowest BCUT2D eigenvalue weighted by atomic mass is 10.1. The van der Waals surface area contributed by atoms with E-state index in [0.29, 0.717) is 21.8 Å². The van der Waals surface area contributed by atoms with E-state index in [1.807, 2.05) is 54.6 Å². The molecule has 2 amide bonds. The lowest BCUT2D eigenvalue weighted by molar-refractivity contribution is 0.0572. The van der Waals surface area contributed by atoms with Gasteiger partial charge in [-0.2, -0.15) is 0 Å². The number of imide groups is 1. The third-order valence-corrected chi connectivity index (χ3v) is 6.59. The lowest BCUT2D eigenvalue weighted by Crippen LogP contribution is -2.35. The van der Waals surface area contributed by atoms with Gasteiger partial charge < -0.3 is 10.5 Å². The molecule has 7 heteroatoms. The molecule has 1 unspecified atom stereocenters. The molecule has 1 aromatic heterocycles. The molecule has 3 N–H and O–H groups in total. The summed E-state index contributed by atoms with van der Waals surface area (Å²) in [6.07, 6.45) is -0.565. The van der Waals surface area contributed by atoms with Crippen molar-refractivity contribution in [2.75, 3.05) is 6.54 Å². The number of carbonyl (C=O) groups excluding carboxylic acids is 2. The van der Waals surface area contributed by atoms with Gasteiger partial charge in [-0.25, -0.2) is 0 Å². The first kappa shape index (κ1) is 20.0. The molecule has 0 spiro atoms. The van der Waals surface area contributed by atoms with Crippen molar-refractivity contribution in [2.24, 2.45) is 5.73 Å². The SMILES string of the molecule is N=C(N)c1cc2c(OC(CN3C(=O)c4ccccc4C3=O)c3ccccc3)cccc2s1. The van der Waals surface area contributed by atoms with Gasteiger partial charge in [0.25, 0.3) is 11.8 Å². The molecule has 5 rings (SSSR count). The average molecular weight is 442 g/mol. The van der Waals surface area contributed by atoms with Crippen molar-refractivity contribution in [1.82, 2.24) is 4.90 Å². The number of hydrogen-bond acceptors (Lipinski definition) is 5. The summed E-state index contributed by atoms with van der Waals surface area (Å²) in [5, 5.41) is 8.58. The molecule has 0 aliphatic carbocycles. The van der Waals surface area contributed by atoms with Crippen molar-refractivity contribution in [2.45, 2.75) is 6.10 Å². The molecule has 0 radical (unpaired) electrons. The van der Waals surface area contributed by atoms with Crippen molar-refractivity contribution in [3.05, 3.63) is 100 Å². The molecule has 1 aliphatic heterocycles. The van der Waals surface area contributed by atoms with E-state index in [1.165, 1.54) is 16.2 Å². The van der Waals surface area contributed by atoms with Gasteiger partial charge >= 0.3 is 0 Å². The zero-order chi connectivity index (χ0) is 22.2. The summed E-state index contributed by atoms with van der Waals surface area (Å²) in [5.74, 6) is -0.0232. The minimum atomic E-state index is -0.565. The Morgan fingerprint density at radius 3 is 2.25 bits per heavy atom. The van der Waals surface area contributed by atoms with Gasteiger partial charge in [0.05, 0.1) is 22.5 Å². The summed E-state index contributed by atoms with van der Waals surface area (Å²) in [6.45, 7) is 0.0798. The van der Waals surface area contributed by atoms with Crippen LogP contribution in [0.3, 0.4) is 0 Å². The van der Waals surface area contributed by atoms with Crippen LogP contribution in [0.5, 0.6) is 5.75 Å². The highest BCUT2D eigenvalue weighted by Gasteiger charge is 2.37. The molecular weight excluding hydrogens is 422 g/mol. The fraction of sp³-hybridized carbons (Fsp3) is 0.0800. The molecule has 2 heterocycles. The number of hydrogen-bond donors (Lipinski definition) is 2. The smallest absolute Gasteiger partial charge is 0.261 e. The number of amides is 2. The summed E-state index contributed by atoms with van der Waals surface area (Å²) in [6, 6.07) is 23.9. The third kappa shape index (κ3) is 3.42. The summed E-state index contributed by atoms with van der Waals surface area (Å²) in [4.78, 5) is 27.8. The van der Waals surface area contributed by atoms with Crippen LogP contribution >= 0.6 is 11.3 Å². The van der Waals surface area contributed by atoms with Gasteiger partial charge in [-0.3, -0.25) is 19.9 Å². The maximum Gasteiger partial charge on any atom is 0.261 e. The summed E-state index contributed by atoms with van der Waals surface area (Å²) < 4.78 is 7.36. The Morgan fingerprint density at radius 2 is 1.59 bits per heavy atom. The number of benzene rings is 3. The molecule has 158 valence electrons. The van der Waals surface area contributed by atoms with E-state index in [2.05, 4.69) is 0 Å². The van der Waals surface area contributed by atoms with Crippen molar-refractivity contribution in [1.29, 1.82) is 5.41 Å². The van der Waals surface area contributed by atoms with E-state index < -0.39 is 6.10 Å². The highest BCUT2D eigenvalue weighted by Crippen LogP contribution is 2.36. The maximum absolute atomic E-state index is 12.9. The molecule has 32 heavy (non-hydrogen) atoms. The summed E-state index contributed by atoms with van der Waals surface area (Å²) in [7, 11) is 0. The molecular formula is C25H19N3O3S. The number of ether oxygens (including phenoxy) is 1. The number of carbonyl (C=O) groups is 2. The number of thiophene rings is 1. The topological polar surface area (TPSA) is 96.5 Å². The molecule has 3 aromatic carbocycles. The highest BCUT2D eigenvalue weighted by atomic mass is 32.1. The van der Waals surface area contributed by atoms with Crippen LogP contribution in [-0.2, 0) is 0 Å². The number of nitrogens with two attached hydrogens (primary N) is 1. The second-order valence-electron chi connectivity index (χ2n) is 7.48. The fourth-order valence-electron chi connectivity index (χ4n) is 3.87. The predicted molar refractivity (Wildman–Crippen MR) is 124 cm³/mol. The predicted octanol–water partition coefficient (Wildman–Crippen LogP) is 4.60. The number of amidine groups is 1. The fourth-order valence-corrected chi connectivity index (χ4v) is 4.81. The number of rotatable bonds is 6. The van der Waals surface area contributed by atoms with Gasteiger partial charge in [-0.15, -0.1) is 11.3 Å². The molecule has 0 saturated heterocycles. The Morgan fingerprint density at radius 1 is 0.938 bits per heavy atom. The van der Waals surface area contributed by atoms with E-state index in [1.54, 1.807) is 24.3 Å². The minimum absolute atomic E-state index is 0.00258. The van der Waals surface area contributed by atoms with Crippen LogP contribution in [0.4, 0.5) is 0 Å².